The first-order chi connectivity index (χ1) is 12.6. The van der Waals surface area contributed by atoms with Crippen molar-refractivity contribution >= 4 is 34.8 Å². The molecule has 0 saturated carbocycles. The summed E-state index contributed by atoms with van der Waals surface area (Å²) in [7, 11) is 1.53. The zero-order valence-electron chi connectivity index (χ0n) is 14.3. The first-order valence-electron chi connectivity index (χ1n) is 8.24. The second-order valence-electron chi connectivity index (χ2n) is 5.80. The summed E-state index contributed by atoms with van der Waals surface area (Å²) < 4.78 is 10.8. The molecule has 0 bridgehead atoms. The molecule has 1 fully saturated rings. The summed E-state index contributed by atoms with van der Waals surface area (Å²) in [6.45, 7) is 0.505. The molecule has 2 amide bonds. The number of carbonyl (C=O) groups excluding carboxylic acids is 2. The molecule has 2 aromatic rings. The van der Waals surface area contributed by atoms with Gasteiger partial charge in [0, 0.05) is 24.7 Å². The van der Waals surface area contributed by atoms with Gasteiger partial charge < -0.3 is 19.7 Å². The lowest BCUT2D eigenvalue weighted by Crippen LogP contribution is -2.24. The van der Waals surface area contributed by atoms with Crippen LogP contribution in [0.3, 0.4) is 0 Å². The van der Waals surface area contributed by atoms with Gasteiger partial charge in [-0.3, -0.25) is 9.59 Å². The van der Waals surface area contributed by atoms with Crippen LogP contribution in [0.4, 0.5) is 11.4 Å². The van der Waals surface area contributed by atoms with Gasteiger partial charge in [0.05, 0.1) is 17.8 Å². The second kappa shape index (κ2) is 8.10. The van der Waals surface area contributed by atoms with E-state index in [4.69, 9.17) is 21.1 Å². The molecule has 0 unspecified atom stereocenters. The Morgan fingerprint density at radius 3 is 2.73 bits per heavy atom. The molecule has 2 aromatic carbocycles. The first kappa shape index (κ1) is 18.1. The fraction of sp³-hybridized carbons (Fsp3) is 0.263. The highest BCUT2D eigenvalue weighted by Crippen LogP contribution is 2.33. The van der Waals surface area contributed by atoms with Crippen LogP contribution < -0.4 is 19.7 Å². The summed E-state index contributed by atoms with van der Waals surface area (Å²) in [4.78, 5) is 25.7. The number of nitrogens with one attached hydrogen (secondary N) is 1. The van der Waals surface area contributed by atoms with E-state index in [0.29, 0.717) is 40.9 Å². The van der Waals surface area contributed by atoms with Crippen molar-refractivity contribution in [2.45, 2.75) is 12.8 Å². The van der Waals surface area contributed by atoms with Crippen LogP contribution in [0.5, 0.6) is 11.5 Å². The molecule has 0 atom stereocenters. The van der Waals surface area contributed by atoms with Gasteiger partial charge in [-0.05, 0) is 30.7 Å². The third kappa shape index (κ3) is 4.08. The largest absolute Gasteiger partial charge is 0.494 e. The number of rotatable bonds is 6. The Bertz CT molecular complexity index is 825. The van der Waals surface area contributed by atoms with Crippen LogP contribution >= 0.6 is 11.6 Å². The van der Waals surface area contributed by atoms with Gasteiger partial charge in [-0.2, -0.15) is 0 Å². The minimum absolute atomic E-state index is 0.0771. The topological polar surface area (TPSA) is 67.9 Å². The molecule has 1 saturated heterocycles. The van der Waals surface area contributed by atoms with Gasteiger partial charge >= 0.3 is 0 Å². The van der Waals surface area contributed by atoms with Crippen LogP contribution in [-0.2, 0) is 9.59 Å². The molecule has 1 aliphatic rings. The molecule has 26 heavy (non-hydrogen) atoms. The van der Waals surface area contributed by atoms with E-state index >= 15 is 0 Å². The maximum atomic E-state index is 12.1. The van der Waals surface area contributed by atoms with Gasteiger partial charge in [-0.15, -0.1) is 0 Å². The lowest BCUT2D eigenvalue weighted by molar-refractivity contribution is -0.118. The van der Waals surface area contributed by atoms with Crippen molar-refractivity contribution in [3.8, 4) is 11.5 Å². The van der Waals surface area contributed by atoms with E-state index < -0.39 is 0 Å². The molecule has 1 N–H and O–H groups in total. The maximum Gasteiger partial charge on any atom is 0.262 e. The number of hydrogen-bond donors (Lipinski definition) is 1. The third-order valence-corrected chi connectivity index (χ3v) is 4.34. The SMILES string of the molecule is COc1cc(NC(=O)COc2ccccc2Cl)ccc1N1CCCC1=O. The standard InChI is InChI=1S/C19H19ClN2O4/c1-25-17-11-13(8-9-15(17)22-10-4-7-19(22)24)21-18(23)12-26-16-6-3-2-5-14(16)20/h2-3,5-6,8-9,11H,4,7,10,12H2,1H3,(H,21,23). The molecular weight excluding hydrogens is 356 g/mol. The molecule has 136 valence electrons. The lowest BCUT2D eigenvalue weighted by atomic mass is 10.2. The summed E-state index contributed by atoms with van der Waals surface area (Å²) in [5, 5.41) is 3.19. The van der Waals surface area contributed by atoms with Gasteiger partial charge in [-0.1, -0.05) is 23.7 Å². The Balaban J connectivity index is 1.65. The number of hydrogen-bond acceptors (Lipinski definition) is 4. The van der Waals surface area contributed by atoms with Crippen molar-refractivity contribution in [3.05, 3.63) is 47.5 Å². The molecule has 1 heterocycles. The van der Waals surface area contributed by atoms with Gasteiger partial charge in [-0.25, -0.2) is 0 Å². The monoisotopic (exact) mass is 374 g/mol. The van der Waals surface area contributed by atoms with Crippen molar-refractivity contribution in [1.29, 1.82) is 0 Å². The molecule has 3 rings (SSSR count). The minimum Gasteiger partial charge on any atom is -0.494 e. The number of methoxy groups -OCH3 is 1. The van der Waals surface area contributed by atoms with Crippen molar-refractivity contribution in [1.82, 2.24) is 0 Å². The lowest BCUT2D eigenvalue weighted by Gasteiger charge is -2.19. The highest BCUT2D eigenvalue weighted by Gasteiger charge is 2.24. The normalized spacial score (nSPS) is 13.6. The van der Waals surface area contributed by atoms with Gasteiger partial charge in [0.2, 0.25) is 5.91 Å². The number of carbonyl (C=O) groups is 2. The molecule has 6 nitrogen and oxygen atoms in total. The molecular formula is C19H19ClN2O4. The number of halogens is 1. The van der Waals surface area contributed by atoms with Crippen LogP contribution in [0.25, 0.3) is 0 Å². The number of amides is 2. The number of anilines is 2. The van der Waals surface area contributed by atoms with Crippen molar-refractivity contribution in [3.63, 3.8) is 0 Å². The van der Waals surface area contributed by atoms with Crippen molar-refractivity contribution < 1.29 is 19.1 Å². The molecule has 0 aliphatic carbocycles. The number of nitrogens with zero attached hydrogens (tertiary/aromatic N) is 1. The van der Waals surface area contributed by atoms with Gasteiger partial charge in [0.25, 0.3) is 5.91 Å². The molecule has 0 aromatic heterocycles. The molecule has 0 radical (unpaired) electrons. The summed E-state index contributed by atoms with van der Waals surface area (Å²) in [6, 6.07) is 12.1. The predicted molar refractivity (Wildman–Crippen MR) is 100 cm³/mol. The van der Waals surface area contributed by atoms with Crippen LogP contribution in [-0.4, -0.2) is 32.1 Å². The highest BCUT2D eigenvalue weighted by molar-refractivity contribution is 6.32. The van der Waals surface area contributed by atoms with E-state index in [1.165, 1.54) is 7.11 Å². The van der Waals surface area contributed by atoms with Crippen molar-refractivity contribution in [2.75, 3.05) is 30.5 Å². The highest BCUT2D eigenvalue weighted by atomic mass is 35.5. The number of para-hydroxylation sites is 1. The summed E-state index contributed by atoms with van der Waals surface area (Å²) in [5.41, 5.74) is 1.27. The van der Waals surface area contributed by atoms with Gasteiger partial charge in [0.1, 0.15) is 11.5 Å². The fourth-order valence-electron chi connectivity index (χ4n) is 2.78. The van der Waals surface area contributed by atoms with E-state index in [0.717, 1.165) is 6.42 Å². The second-order valence-corrected chi connectivity index (χ2v) is 6.21. The van der Waals surface area contributed by atoms with E-state index in [2.05, 4.69) is 5.32 Å². The maximum absolute atomic E-state index is 12.1. The average Bonchev–Trinajstić information content (AvgIpc) is 3.06. The first-order valence-corrected chi connectivity index (χ1v) is 8.62. The molecule has 7 heteroatoms. The zero-order valence-corrected chi connectivity index (χ0v) is 15.1. The molecule has 1 aliphatic heterocycles. The summed E-state index contributed by atoms with van der Waals surface area (Å²) in [6.07, 6.45) is 1.38. The van der Waals surface area contributed by atoms with Crippen molar-refractivity contribution in [2.24, 2.45) is 0 Å². The van der Waals surface area contributed by atoms with Crippen LogP contribution in [0, 0.1) is 0 Å². The van der Waals surface area contributed by atoms with Crippen LogP contribution in [0.1, 0.15) is 12.8 Å². The smallest absolute Gasteiger partial charge is 0.262 e. The van der Waals surface area contributed by atoms with E-state index in [1.54, 1.807) is 47.4 Å². The quantitative estimate of drug-likeness (QED) is 0.840. The Morgan fingerprint density at radius 1 is 1.23 bits per heavy atom. The van der Waals surface area contributed by atoms with Gasteiger partial charge in [0.15, 0.2) is 6.61 Å². The number of benzene rings is 2. The van der Waals surface area contributed by atoms with E-state index in [9.17, 15) is 9.59 Å². The zero-order chi connectivity index (χ0) is 18.5. The van der Waals surface area contributed by atoms with E-state index in [-0.39, 0.29) is 18.4 Å². The Hall–Kier alpha value is -2.73. The molecule has 0 spiro atoms. The summed E-state index contributed by atoms with van der Waals surface area (Å²) in [5.74, 6) is 0.736. The van der Waals surface area contributed by atoms with Crippen LogP contribution in [0.2, 0.25) is 5.02 Å². The third-order valence-electron chi connectivity index (χ3n) is 4.02. The Kier molecular flexibility index (Phi) is 5.63. The fourth-order valence-corrected chi connectivity index (χ4v) is 2.97. The van der Waals surface area contributed by atoms with Crippen LogP contribution in [0.15, 0.2) is 42.5 Å². The average molecular weight is 375 g/mol. The predicted octanol–water partition coefficient (Wildman–Crippen LogP) is 3.49. The summed E-state index contributed by atoms with van der Waals surface area (Å²) >= 11 is 5.99. The Labute approximate surface area is 156 Å². The Morgan fingerprint density at radius 2 is 2.04 bits per heavy atom. The minimum atomic E-state index is -0.322. The number of ether oxygens (including phenoxy) is 2. The van der Waals surface area contributed by atoms with E-state index in [1.807, 2.05) is 0 Å².